The Morgan fingerprint density at radius 3 is 2.94 bits per heavy atom. The molecule has 6 nitrogen and oxygen atoms in total. The number of fused-ring (bicyclic) bond motifs is 1. The molecule has 0 saturated carbocycles. The van der Waals surface area contributed by atoms with Crippen LogP contribution in [0.1, 0.15) is 5.01 Å². The molecule has 7 heteroatoms. The third kappa shape index (κ3) is 1.51. The van der Waals surface area contributed by atoms with Gasteiger partial charge in [0.1, 0.15) is 5.01 Å². The molecule has 0 amide bonds. The summed E-state index contributed by atoms with van der Waals surface area (Å²) in [5.41, 5.74) is 7.54. The van der Waals surface area contributed by atoms with E-state index in [1.807, 2.05) is 6.92 Å². The van der Waals surface area contributed by atoms with Gasteiger partial charge in [-0.1, -0.05) is 11.3 Å². The Bertz CT molecular complexity index is 753. The van der Waals surface area contributed by atoms with Gasteiger partial charge in [-0.3, -0.25) is 0 Å². The van der Waals surface area contributed by atoms with Crippen molar-refractivity contribution >= 4 is 28.1 Å². The van der Waals surface area contributed by atoms with Gasteiger partial charge >= 0.3 is 5.69 Å². The summed E-state index contributed by atoms with van der Waals surface area (Å²) in [5.74, 6) is 0. The molecule has 2 aromatic heterocycles. The number of hydrogen-bond acceptors (Lipinski definition) is 5. The summed E-state index contributed by atoms with van der Waals surface area (Å²) in [6.45, 7) is 1.84. The molecular formula is C10H9N5OS. The summed E-state index contributed by atoms with van der Waals surface area (Å²) in [6.07, 6.45) is 0. The fourth-order valence-electron chi connectivity index (χ4n) is 1.69. The van der Waals surface area contributed by atoms with Crippen LogP contribution in [0.5, 0.6) is 0 Å². The maximum absolute atomic E-state index is 11.9. The topological polar surface area (TPSA) is 89.6 Å². The van der Waals surface area contributed by atoms with Gasteiger partial charge in [-0.15, -0.1) is 10.2 Å². The molecule has 17 heavy (non-hydrogen) atoms. The number of aryl methyl sites for hydroxylation is 1. The van der Waals surface area contributed by atoms with Crippen LogP contribution in [0.4, 0.5) is 5.69 Å². The molecule has 0 spiro atoms. The van der Waals surface area contributed by atoms with Gasteiger partial charge in [-0.2, -0.15) is 0 Å². The van der Waals surface area contributed by atoms with Crippen molar-refractivity contribution in [1.82, 2.24) is 19.7 Å². The standard InChI is InChI=1S/C10H9N5OS/c1-5-13-14-10(17-5)15-8-4-6(11)2-3-7(8)12-9(15)16/h2-4H,11H2,1H3,(H,12,16). The van der Waals surface area contributed by atoms with Gasteiger partial charge in [0.2, 0.25) is 5.13 Å². The first-order chi connectivity index (χ1) is 8.15. The van der Waals surface area contributed by atoms with Crippen LogP contribution >= 0.6 is 11.3 Å². The van der Waals surface area contributed by atoms with Gasteiger partial charge in [0.05, 0.1) is 11.0 Å². The Morgan fingerprint density at radius 1 is 1.41 bits per heavy atom. The van der Waals surface area contributed by atoms with Crippen LogP contribution in [0.2, 0.25) is 0 Å². The zero-order chi connectivity index (χ0) is 12.0. The zero-order valence-electron chi connectivity index (χ0n) is 8.97. The Hall–Kier alpha value is -2.15. The molecule has 0 unspecified atom stereocenters. The Balaban J connectivity index is 2.39. The summed E-state index contributed by atoms with van der Waals surface area (Å²) < 4.78 is 1.48. The van der Waals surface area contributed by atoms with E-state index in [4.69, 9.17) is 5.73 Å². The maximum atomic E-state index is 11.9. The van der Waals surface area contributed by atoms with E-state index in [-0.39, 0.29) is 5.69 Å². The summed E-state index contributed by atoms with van der Waals surface area (Å²) in [6, 6.07) is 5.26. The maximum Gasteiger partial charge on any atom is 0.332 e. The molecule has 3 N–H and O–H groups in total. The number of nitrogen functional groups attached to an aromatic ring is 1. The molecule has 0 atom stereocenters. The lowest BCUT2D eigenvalue weighted by Gasteiger charge is -1.97. The first-order valence-electron chi connectivity index (χ1n) is 4.96. The SMILES string of the molecule is Cc1nnc(-n2c(=O)[nH]c3ccc(N)cc32)s1. The average molecular weight is 247 g/mol. The van der Waals surface area contributed by atoms with Gasteiger partial charge in [0.25, 0.3) is 0 Å². The molecule has 0 saturated heterocycles. The molecule has 3 aromatic rings. The number of anilines is 1. The molecular weight excluding hydrogens is 238 g/mol. The van der Waals surface area contributed by atoms with E-state index in [0.717, 1.165) is 10.5 Å². The quantitative estimate of drug-likeness (QED) is 0.629. The van der Waals surface area contributed by atoms with E-state index in [1.54, 1.807) is 18.2 Å². The molecule has 0 aliphatic carbocycles. The highest BCUT2D eigenvalue weighted by Gasteiger charge is 2.12. The number of aromatic nitrogens is 4. The average Bonchev–Trinajstić information content (AvgIpc) is 2.81. The van der Waals surface area contributed by atoms with Crippen molar-refractivity contribution in [2.75, 3.05) is 5.73 Å². The van der Waals surface area contributed by atoms with Crippen LogP contribution in [0.25, 0.3) is 16.2 Å². The van der Waals surface area contributed by atoms with Crippen LogP contribution in [0.3, 0.4) is 0 Å². The summed E-state index contributed by atoms with van der Waals surface area (Å²) in [7, 11) is 0. The number of H-pyrrole nitrogens is 1. The zero-order valence-corrected chi connectivity index (χ0v) is 9.78. The van der Waals surface area contributed by atoms with Crippen molar-refractivity contribution in [3.8, 4) is 5.13 Å². The highest BCUT2D eigenvalue weighted by atomic mass is 32.1. The number of aromatic amines is 1. The van der Waals surface area contributed by atoms with Crippen LogP contribution < -0.4 is 11.4 Å². The highest BCUT2D eigenvalue weighted by Crippen LogP contribution is 2.20. The molecule has 0 radical (unpaired) electrons. The van der Waals surface area contributed by atoms with Crippen molar-refractivity contribution in [3.63, 3.8) is 0 Å². The van der Waals surface area contributed by atoms with E-state index >= 15 is 0 Å². The van der Waals surface area contributed by atoms with Crippen LogP contribution in [0, 0.1) is 6.92 Å². The molecule has 3 rings (SSSR count). The smallest absolute Gasteiger partial charge is 0.332 e. The van der Waals surface area contributed by atoms with Crippen molar-refractivity contribution in [1.29, 1.82) is 0 Å². The molecule has 0 fully saturated rings. The summed E-state index contributed by atoms with van der Waals surface area (Å²) in [4.78, 5) is 14.6. The van der Waals surface area contributed by atoms with Gasteiger partial charge in [0.15, 0.2) is 0 Å². The van der Waals surface area contributed by atoms with Crippen LogP contribution in [-0.2, 0) is 0 Å². The minimum atomic E-state index is -0.234. The number of imidazole rings is 1. The Labute approximate surface area is 99.7 Å². The third-order valence-electron chi connectivity index (χ3n) is 2.41. The Morgan fingerprint density at radius 2 is 2.24 bits per heavy atom. The monoisotopic (exact) mass is 247 g/mol. The van der Waals surface area contributed by atoms with Gasteiger partial charge in [-0.25, -0.2) is 9.36 Å². The second-order valence-electron chi connectivity index (χ2n) is 3.65. The predicted molar refractivity (Wildman–Crippen MR) is 66.5 cm³/mol. The molecule has 0 bridgehead atoms. The van der Waals surface area contributed by atoms with E-state index in [9.17, 15) is 4.79 Å². The highest BCUT2D eigenvalue weighted by molar-refractivity contribution is 7.13. The van der Waals surface area contributed by atoms with Crippen molar-refractivity contribution in [2.45, 2.75) is 6.92 Å². The third-order valence-corrected chi connectivity index (χ3v) is 3.24. The van der Waals surface area contributed by atoms with Crippen molar-refractivity contribution in [3.05, 3.63) is 33.7 Å². The second-order valence-corrected chi connectivity index (χ2v) is 4.81. The van der Waals surface area contributed by atoms with Gasteiger partial charge < -0.3 is 10.7 Å². The van der Waals surface area contributed by atoms with Gasteiger partial charge in [0, 0.05) is 5.69 Å². The minimum absolute atomic E-state index is 0.234. The number of hydrogen-bond donors (Lipinski definition) is 2. The second kappa shape index (κ2) is 3.42. The lowest BCUT2D eigenvalue weighted by Crippen LogP contribution is -2.14. The van der Waals surface area contributed by atoms with E-state index in [1.165, 1.54) is 15.9 Å². The van der Waals surface area contributed by atoms with Crippen LogP contribution in [0.15, 0.2) is 23.0 Å². The number of benzene rings is 1. The van der Waals surface area contributed by atoms with Crippen LogP contribution in [-0.4, -0.2) is 19.7 Å². The molecule has 0 aliphatic rings. The predicted octanol–water partition coefficient (Wildman–Crippen LogP) is 1.06. The van der Waals surface area contributed by atoms with Gasteiger partial charge in [-0.05, 0) is 25.1 Å². The lowest BCUT2D eigenvalue weighted by atomic mass is 10.3. The van der Waals surface area contributed by atoms with Crippen molar-refractivity contribution in [2.24, 2.45) is 0 Å². The van der Waals surface area contributed by atoms with E-state index < -0.39 is 0 Å². The first kappa shape index (κ1) is 10.0. The lowest BCUT2D eigenvalue weighted by molar-refractivity contribution is 0.937. The van der Waals surface area contributed by atoms with Crippen molar-refractivity contribution < 1.29 is 0 Å². The number of rotatable bonds is 1. The minimum Gasteiger partial charge on any atom is -0.399 e. The normalized spacial score (nSPS) is 11.1. The number of nitrogens with zero attached hydrogens (tertiary/aromatic N) is 3. The fourth-order valence-corrected chi connectivity index (χ4v) is 2.39. The molecule has 1 aromatic carbocycles. The molecule has 86 valence electrons. The first-order valence-corrected chi connectivity index (χ1v) is 5.77. The Kier molecular flexibility index (Phi) is 2.02. The number of nitrogens with two attached hydrogens (primary N) is 1. The molecule has 2 heterocycles. The largest absolute Gasteiger partial charge is 0.399 e. The summed E-state index contributed by atoms with van der Waals surface area (Å²) >= 11 is 1.36. The van der Waals surface area contributed by atoms with E-state index in [2.05, 4.69) is 15.2 Å². The number of nitrogens with one attached hydrogen (secondary N) is 1. The molecule has 0 aliphatic heterocycles. The summed E-state index contributed by atoms with van der Waals surface area (Å²) in [5, 5.41) is 9.23. The fraction of sp³-hybridized carbons (Fsp3) is 0.100. The van der Waals surface area contributed by atoms with E-state index in [0.29, 0.717) is 16.3 Å².